The van der Waals surface area contributed by atoms with Crippen LogP contribution in [0.5, 0.6) is 0 Å². The van der Waals surface area contributed by atoms with Gasteiger partial charge in [0.05, 0.1) is 11.4 Å². The fraction of sp³-hybridized carbons (Fsp3) is 0.667. The van der Waals surface area contributed by atoms with Crippen molar-refractivity contribution in [1.82, 2.24) is 0 Å². The van der Waals surface area contributed by atoms with Crippen molar-refractivity contribution in [2.75, 3.05) is 5.75 Å². The predicted octanol–water partition coefficient (Wildman–Crippen LogP) is 2.78. The second-order valence-electron chi connectivity index (χ2n) is 2.04. The van der Waals surface area contributed by atoms with Gasteiger partial charge in [-0.05, 0) is 18.9 Å². The van der Waals surface area contributed by atoms with Crippen LogP contribution in [0.4, 0.5) is 0 Å². The molecule has 50 valence electrons. The molecule has 3 heteroatoms. The Morgan fingerprint density at radius 2 is 2.56 bits per heavy atom. The van der Waals surface area contributed by atoms with Gasteiger partial charge in [0.15, 0.2) is 0 Å². The topological polar surface area (TPSA) is 24.7 Å². The lowest BCUT2D eigenvalue weighted by atomic mass is 10.2. The first-order chi connectivity index (χ1) is 4.34. The zero-order chi connectivity index (χ0) is 6.69. The zero-order valence-corrected chi connectivity index (χ0v) is 6.53. The minimum atomic E-state index is 0.972. The molecule has 0 aromatic rings. The van der Waals surface area contributed by atoms with Crippen molar-refractivity contribution >= 4 is 11.9 Å². The van der Waals surface area contributed by atoms with E-state index in [-0.39, 0.29) is 0 Å². The molecule has 1 rings (SSSR count). The largest absolute Gasteiger partial charge is 0.147 e. The summed E-state index contributed by atoms with van der Waals surface area (Å²) in [5.74, 6) is 0.972. The van der Waals surface area contributed by atoms with E-state index in [1.165, 1.54) is 23.2 Å². The van der Waals surface area contributed by atoms with Gasteiger partial charge in [0.25, 0.3) is 0 Å². The van der Waals surface area contributed by atoms with Crippen molar-refractivity contribution in [3.05, 3.63) is 11.3 Å². The number of hydrogen-bond donors (Lipinski definition) is 0. The van der Waals surface area contributed by atoms with E-state index in [1.807, 2.05) is 0 Å². The minimum absolute atomic E-state index is 0.972. The second-order valence-corrected chi connectivity index (χ2v) is 2.75. The molecular formula is C6H10N2S. The summed E-state index contributed by atoms with van der Waals surface area (Å²) in [6.45, 7) is 4.25. The van der Waals surface area contributed by atoms with Crippen molar-refractivity contribution in [3.8, 4) is 0 Å². The van der Waals surface area contributed by atoms with Crippen molar-refractivity contribution < 1.29 is 0 Å². The summed E-state index contributed by atoms with van der Waals surface area (Å²) >= 11 is 1.53. The highest BCUT2D eigenvalue weighted by Crippen LogP contribution is 2.23. The predicted molar refractivity (Wildman–Crippen MR) is 40.3 cm³/mol. The standard InChI is InChI=1S/C6H10N2S/c1-3-5(2)6-4-9-8-7-6/h3-4H2,1-2H3/b6-5-. The van der Waals surface area contributed by atoms with E-state index in [2.05, 4.69) is 23.5 Å². The highest BCUT2D eigenvalue weighted by atomic mass is 32.2. The Kier molecular flexibility index (Phi) is 2.28. The van der Waals surface area contributed by atoms with Crippen molar-refractivity contribution in [3.63, 3.8) is 0 Å². The molecule has 2 nitrogen and oxygen atoms in total. The summed E-state index contributed by atoms with van der Waals surface area (Å²) < 4.78 is 3.82. The summed E-state index contributed by atoms with van der Waals surface area (Å²) in [5, 5.41) is 3.97. The van der Waals surface area contributed by atoms with Crippen LogP contribution in [-0.2, 0) is 0 Å². The van der Waals surface area contributed by atoms with Crippen molar-refractivity contribution in [2.45, 2.75) is 20.3 Å². The minimum Gasteiger partial charge on any atom is -0.147 e. The quantitative estimate of drug-likeness (QED) is 0.517. The van der Waals surface area contributed by atoms with E-state index in [1.54, 1.807) is 0 Å². The molecule has 0 N–H and O–H groups in total. The van der Waals surface area contributed by atoms with E-state index in [4.69, 9.17) is 0 Å². The Hall–Kier alpha value is -0.310. The third-order valence-electron chi connectivity index (χ3n) is 1.44. The highest BCUT2D eigenvalue weighted by Gasteiger charge is 2.05. The normalized spacial score (nSPS) is 22.9. The Labute approximate surface area is 59.6 Å². The molecule has 1 aliphatic rings. The molecule has 1 heterocycles. The molecule has 0 radical (unpaired) electrons. The summed E-state index contributed by atoms with van der Waals surface area (Å²) in [6, 6.07) is 0. The summed E-state index contributed by atoms with van der Waals surface area (Å²) in [7, 11) is 0. The van der Waals surface area contributed by atoms with Crippen LogP contribution in [0.1, 0.15) is 20.3 Å². The van der Waals surface area contributed by atoms with Gasteiger partial charge >= 0.3 is 0 Å². The fourth-order valence-electron chi connectivity index (χ4n) is 0.610. The summed E-state index contributed by atoms with van der Waals surface area (Å²) in [5.41, 5.74) is 2.53. The van der Waals surface area contributed by atoms with E-state index in [9.17, 15) is 0 Å². The number of hydrogen-bond acceptors (Lipinski definition) is 3. The Morgan fingerprint density at radius 3 is 3.00 bits per heavy atom. The van der Waals surface area contributed by atoms with Crippen LogP contribution in [0.15, 0.2) is 20.9 Å². The van der Waals surface area contributed by atoms with E-state index >= 15 is 0 Å². The second kappa shape index (κ2) is 3.01. The lowest BCUT2D eigenvalue weighted by molar-refractivity contribution is 1.03. The summed E-state index contributed by atoms with van der Waals surface area (Å²) in [6.07, 6.45) is 1.09. The molecule has 1 aliphatic heterocycles. The SMILES string of the molecule is CC/C(C)=C1/CSN=N1. The van der Waals surface area contributed by atoms with Gasteiger partial charge in [-0.3, -0.25) is 0 Å². The van der Waals surface area contributed by atoms with Gasteiger partial charge in [0.2, 0.25) is 0 Å². The van der Waals surface area contributed by atoms with Gasteiger partial charge in [0.1, 0.15) is 0 Å². The van der Waals surface area contributed by atoms with Crippen LogP contribution in [0.3, 0.4) is 0 Å². The molecule has 0 aromatic carbocycles. The monoisotopic (exact) mass is 142 g/mol. The first-order valence-electron chi connectivity index (χ1n) is 3.06. The maximum absolute atomic E-state index is 3.97. The van der Waals surface area contributed by atoms with Gasteiger partial charge in [-0.2, -0.15) is 0 Å². The lowest BCUT2D eigenvalue weighted by Crippen LogP contribution is -1.82. The van der Waals surface area contributed by atoms with Crippen molar-refractivity contribution in [1.29, 1.82) is 0 Å². The van der Waals surface area contributed by atoms with Crippen LogP contribution >= 0.6 is 11.9 Å². The van der Waals surface area contributed by atoms with Gasteiger partial charge in [-0.1, -0.05) is 6.92 Å². The van der Waals surface area contributed by atoms with Crippen LogP contribution < -0.4 is 0 Å². The number of rotatable bonds is 1. The fourth-order valence-corrected chi connectivity index (χ4v) is 1.25. The molecule has 0 saturated carbocycles. The maximum atomic E-state index is 3.97. The molecule has 0 aliphatic carbocycles. The molecule has 0 atom stereocenters. The highest BCUT2D eigenvalue weighted by molar-refractivity contribution is 7.98. The van der Waals surface area contributed by atoms with E-state index in [0.29, 0.717) is 0 Å². The smallest absolute Gasteiger partial charge is 0.0744 e. The molecule has 0 aromatic heterocycles. The zero-order valence-electron chi connectivity index (χ0n) is 5.72. The Morgan fingerprint density at radius 1 is 1.78 bits per heavy atom. The van der Waals surface area contributed by atoms with E-state index < -0.39 is 0 Å². The summed E-state index contributed by atoms with van der Waals surface area (Å²) in [4.78, 5) is 0. The van der Waals surface area contributed by atoms with Crippen LogP contribution in [0.25, 0.3) is 0 Å². The molecule has 9 heavy (non-hydrogen) atoms. The van der Waals surface area contributed by atoms with Gasteiger partial charge in [-0.25, -0.2) is 0 Å². The van der Waals surface area contributed by atoms with Crippen LogP contribution in [0.2, 0.25) is 0 Å². The van der Waals surface area contributed by atoms with E-state index in [0.717, 1.165) is 12.2 Å². The lowest BCUT2D eigenvalue weighted by Gasteiger charge is -1.94. The molecule has 0 unspecified atom stereocenters. The first kappa shape index (κ1) is 6.81. The average Bonchev–Trinajstić information content (AvgIpc) is 2.37. The molecule has 0 bridgehead atoms. The molecule has 0 fully saturated rings. The van der Waals surface area contributed by atoms with Crippen LogP contribution in [-0.4, -0.2) is 5.75 Å². The Bertz CT molecular complexity index is 160. The number of allylic oxidation sites excluding steroid dienone is 1. The van der Waals surface area contributed by atoms with Crippen molar-refractivity contribution in [2.24, 2.45) is 9.63 Å². The van der Waals surface area contributed by atoms with Gasteiger partial charge < -0.3 is 0 Å². The molecule has 0 amide bonds. The van der Waals surface area contributed by atoms with Gasteiger partial charge in [0, 0.05) is 11.9 Å². The first-order valence-corrected chi connectivity index (χ1v) is 4.00. The van der Waals surface area contributed by atoms with Gasteiger partial charge in [-0.15, -0.1) is 9.63 Å². The molecule has 0 saturated heterocycles. The third-order valence-corrected chi connectivity index (χ3v) is 2.04. The maximum Gasteiger partial charge on any atom is 0.0744 e. The third kappa shape index (κ3) is 1.55. The van der Waals surface area contributed by atoms with Crippen LogP contribution in [0, 0.1) is 0 Å². The average molecular weight is 142 g/mol. The molecular weight excluding hydrogens is 132 g/mol. The number of nitrogens with zero attached hydrogens (tertiary/aromatic N) is 2. The molecule has 0 spiro atoms. The Balaban J connectivity index is 2.68.